The topological polar surface area (TPSA) is 34.1 Å². The summed E-state index contributed by atoms with van der Waals surface area (Å²) in [5.41, 5.74) is 0.288. The van der Waals surface area contributed by atoms with E-state index in [-0.39, 0.29) is 22.4 Å². The zero-order chi connectivity index (χ0) is 15.2. The molecule has 0 bridgehead atoms. The molecule has 0 amide bonds. The summed E-state index contributed by atoms with van der Waals surface area (Å²) in [5, 5.41) is -0.389. The molecule has 0 radical (unpaired) electrons. The minimum atomic E-state index is -0.893. The fourth-order valence-corrected chi connectivity index (χ4v) is 5.14. The Kier molecular flexibility index (Phi) is 8.05. The first-order chi connectivity index (χ1) is 8.72. The minimum Gasteiger partial charge on any atom is -0.299 e. The summed E-state index contributed by atoms with van der Waals surface area (Å²) >= 11 is 0. The van der Waals surface area contributed by atoms with E-state index in [1.165, 1.54) is 0 Å². The molecule has 3 heteroatoms. The number of carbonyl (C=O) groups excluding carboxylic acids is 2. The summed E-state index contributed by atoms with van der Waals surface area (Å²) in [6.07, 6.45) is 3.84. The fourth-order valence-electron chi connectivity index (χ4n) is 2.53. The predicted molar refractivity (Wildman–Crippen MR) is 85.1 cm³/mol. The molecular weight excluding hydrogens is 255 g/mol. The van der Waals surface area contributed by atoms with Crippen LogP contribution in [0.15, 0.2) is 0 Å². The zero-order valence-electron chi connectivity index (χ0n) is 13.7. The Morgan fingerprint density at radius 2 is 1.68 bits per heavy atom. The molecule has 0 aliphatic carbocycles. The van der Waals surface area contributed by atoms with Crippen molar-refractivity contribution in [2.45, 2.75) is 72.4 Å². The van der Waals surface area contributed by atoms with Crippen LogP contribution in [0.4, 0.5) is 0 Å². The van der Waals surface area contributed by atoms with E-state index in [0.717, 1.165) is 25.7 Å². The summed E-state index contributed by atoms with van der Waals surface area (Å²) in [7, 11) is -0.893. The molecule has 19 heavy (non-hydrogen) atoms. The Bertz CT molecular complexity index is 312. The molecule has 2 nitrogen and oxygen atoms in total. The number of Topliss-reactive ketones (excluding diaryl/α,β-unsaturated/α-hetero) is 1. The van der Waals surface area contributed by atoms with Gasteiger partial charge in [-0.1, -0.05) is 41.0 Å². The van der Waals surface area contributed by atoms with E-state index in [4.69, 9.17) is 0 Å². The van der Waals surface area contributed by atoms with E-state index in [0.29, 0.717) is 5.92 Å². The largest absolute Gasteiger partial charge is 0.299 e. The van der Waals surface area contributed by atoms with Crippen molar-refractivity contribution in [3.8, 4) is 0 Å². The van der Waals surface area contributed by atoms with Gasteiger partial charge >= 0.3 is 0 Å². The molecule has 0 heterocycles. The van der Waals surface area contributed by atoms with E-state index in [2.05, 4.69) is 20.8 Å². The van der Waals surface area contributed by atoms with Crippen LogP contribution in [0.1, 0.15) is 67.2 Å². The molecule has 0 rings (SSSR count). The summed E-state index contributed by atoms with van der Waals surface area (Å²) in [6.45, 7) is 14.0. The van der Waals surface area contributed by atoms with Gasteiger partial charge in [-0.3, -0.25) is 9.59 Å². The lowest BCUT2D eigenvalue weighted by molar-refractivity contribution is -0.121. The van der Waals surface area contributed by atoms with E-state index in [1.54, 1.807) is 6.92 Å². The van der Waals surface area contributed by atoms with Gasteiger partial charge < -0.3 is 0 Å². The van der Waals surface area contributed by atoms with Gasteiger partial charge in [-0.05, 0) is 46.7 Å². The van der Waals surface area contributed by atoms with Crippen molar-refractivity contribution in [2.75, 3.05) is 6.66 Å². The molecule has 0 spiro atoms. The maximum absolute atomic E-state index is 12.3. The summed E-state index contributed by atoms with van der Waals surface area (Å²) in [6, 6.07) is 0. The van der Waals surface area contributed by atoms with Crippen molar-refractivity contribution < 1.29 is 9.59 Å². The summed E-state index contributed by atoms with van der Waals surface area (Å²) in [5.74, 6) is 0.869. The Labute approximate surface area is 120 Å². The lowest BCUT2D eigenvalue weighted by Crippen LogP contribution is -2.37. The van der Waals surface area contributed by atoms with Crippen LogP contribution in [0.3, 0.4) is 0 Å². The van der Waals surface area contributed by atoms with Gasteiger partial charge in [0, 0.05) is 5.92 Å². The summed E-state index contributed by atoms with van der Waals surface area (Å²) < 4.78 is 0. The second kappa shape index (κ2) is 8.15. The third-order valence-corrected chi connectivity index (χ3v) is 7.77. The van der Waals surface area contributed by atoms with Crippen LogP contribution in [0.25, 0.3) is 0 Å². The van der Waals surface area contributed by atoms with E-state index < -0.39 is 7.92 Å². The van der Waals surface area contributed by atoms with Crippen LogP contribution < -0.4 is 0 Å². The maximum atomic E-state index is 12.3. The first-order valence-corrected chi connectivity index (χ1v) is 9.30. The highest BCUT2D eigenvalue weighted by Crippen LogP contribution is 2.54. The van der Waals surface area contributed by atoms with Gasteiger partial charge in [0.2, 0.25) is 0 Å². The van der Waals surface area contributed by atoms with Gasteiger partial charge in [-0.25, -0.2) is 0 Å². The van der Waals surface area contributed by atoms with Crippen molar-refractivity contribution >= 4 is 19.2 Å². The zero-order valence-corrected chi connectivity index (χ0v) is 14.6. The molecule has 0 saturated heterocycles. The van der Waals surface area contributed by atoms with Crippen LogP contribution in [0, 0.1) is 11.8 Å². The number of rotatable bonds is 9. The highest BCUT2D eigenvalue weighted by molar-refractivity contribution is 7.76. The molecule has 3 atom stereocenters. The molecule has 2 unspecified atom stereocenters. The molecule has 112 valence electrons. The Hall–Kier alpha value is -0.230. The second-order valence-electron chi connectivity index (χ2n) is 6.05. The van der Waals surface area contributed by atoms with Crippen LogP contribution in [0.2, 0.25) is 0 Å². The molecule has 0 aliphatic heterocycles. The normalized spacial score (nSPS) is 17.9. The Morgan fingerprint density at radius 3 is 2.00 bits per heavy atom. The van der Waals surface area contributed by atoms with Gasteiger partial charge in [0.1, 0.15) is 5.78 Å². The first kappa shape index (κ1) is 18.8. The van der Waals surface area contributed by atoms with Crippen molar-refractivity contribution in [2.24, 2.45) is 11.8 Å². The van der Waals surface area contributed by atoms with Gasteiger partial charge in [0.25, 0.3) is 0 Å². The number of hydrogen-bond acceptors (Lipinski definition) is 2. The number of ketones is 1. The average Bonchev–Trinajstić information content (AvgIpc) is 2.37. The number of carbonyl (C=O) groups is 2. The SMILES string of the molecule is CC[C@@H](C)CCC(CC)(C(C)=O)P(C)C(=O)C(C)C. The van der Waals surface area contributed by atoms with Gasteiger partial charge in [0.15, 0.2) is 5.52 Å². The van der Waals surface area contributed by atoms with Crippen molar-refractivity contribution in [1.82, 2.24) is 0 Å². The third kappa shape index (κ3) is 4.67. The molecule has 0 N–H and O–H groups in total. The van der Waals surface area contributed by atoms with Gasteiger partial charge in [0.05, 0.1) is 5.16 Å². The number of hydrogen-bond donors (Lipinski definition) is 0. The lowest BCUT2D eigenvalue weighted by atomic mass is 9.90. The molecule has 0 saturated carbocycles. The third-order valence-electron chi connectivity index (χ3n) is 4.45. The first-order valence-electron chi connectivity index (χ1n) is 7.51. The molecule has 0 aromatic heterocycles. The molecule has 0 fully saturated rings. The molecule has 0 aromatic rings. The molecule has 0 aromatic carbocycles. The fraction of sp³-hybridized carbons (Fsp3) is 0.875. The molecule has 0 aliphatic rings. The Balaban J connectivity index is 5.16. The monoisotopic (exact) mass is 286 g/mol. The van der Waals surface area contributed by atoms with E-state index in [9.17, 15) is 9.59 Å². The predicted octanol–water partition coefficient (Wildman–Crippen LogP) is 4.84. The quantitative estimate of drug-likeness (QED) is 0.568. The van der Waals surface area contributed by atoms with Crippen LogP contribution in [0.5, 0.6) is 0 Å². The van der Waals surface area contributed by atoms with E-state index >= 15 is 0 Å². The van der Waals surface area contributed by atoms with Crippen molar-refractivity contribution in [3.63, 3.8) is 0 Å². The Morgan fingerprint density at radius 1 is 1.16 bits per heavy atom. The van der Waals surface area contributed by atoms with Crippen LogP contribution >= 0.6 is 7.92 Å². The van der Waals surface area contributed by atoms with Crippen LogP contribution in [-0.4, -0.2) is 23.1 Å². The average molecular weight is 286 g/mol. The highest BCUT2D eigenvalue weighted by Gasteiger charge is 2.42. The smallest absolute Gasteiger partial charge is 0.157 e. The van der Waals surface area contributed by atoms with Crippen molar-refractivity contribution in [1.29, 1.82) is 0 Å². The minimum absolute atomic E-state index is 0.0324. The highest BCUT2D eigenvalue weighted by atomic mass is 31.1. The van der Waals surface area contributed by atoms with Gasteiger partial charge in [-0.15, -0.1) is 0 Å². The van der Waals surface area contributed by atoms with Crippen LogP contribution in [-0.2, 0) is 9.59 Å². The maximum Gasteiger partial charge on any atom is 0.157 e. The van der Waals surface area contributed by atoms with Crippen molar-refractivity contribution in [3.05, 3.63) is 0 Å². The van der Waals surface area contributed by atoms with E-state index in [1.807, 2.05) is 20.5 Å². The standard InChI is InChI=1S/C16H31O2P/c1-8-13(5)10-11-16(9-2,14(6)17)19(7)15(18)12(3)4/h12-13H,8-11H2,1-7H3/t13-,16?,19?/m1/s1. The molecular formula is C16H31O2P. The second-order valence-corrected chi connectivity index (χ2v) is 8.46. The van der Waals surface area contributed by atoms with Gasteiger partial charge in [-0.2, -0.15) is 0 Å². The summed E-state index contributed by atoms with van der Waals surface area (Å²) in [4.78, 5) is 24.6. The lowest BCUT2D eigenvalue weighted by Gasteiger charge is -2.37.